The molecule has 1 fully saturated rings. The van der Waals surface area contributed by atoms with E-state index in [1.165, 1.54) is 19.0 Å². The molecule has 1 unspecified atom stereocenters. The number of hydrogen-bond donors (Lipinski definition) is 7. The quantitative estimate of drug-likeness (QED) is 0.177. The van der Waals surface area contributed by atoms with Crippen LogP contribution in [0, 0.1) is 5.92 Å². The highest BCUT2D eigenvalue weighted by Gasteiger charge is 2.71. The number of amides is 2. The third kappa shape index (κ3) is 4.33. The highest BCUT2D eigenvalue weighted by Crippen LogP contribution is 2.54. The lowest BCUT2D eigenvalue weighted by Gasteiger charge is -2.56. The molecule has 2 amide bonds. The molecule has 1 saturated carbocycles. The van der Waals surface area contributed by atoms with Crippen LogP contribution in [0.15, 0.2) is 23.0 Å². The summed E-state index contributed by atoms with van der Waals surface area (Å²) in [5.74, 6) is -6.93. The molecule has 14 nitrogen and oxygen atoms in total. The Morgan fingerprint density at radius 3 is 2.24 bits per heavy atom. The SMILES string of the molecule is CN(C)CC(=O)NCc1cc(N(C)C)c2c(c1O)C(O)=C1C(=O)[C@]3(O)C(O)=C(C(N)=O)C(=O)C(N(C)C)[C@]3(N)C[C@@H]1C2. The zero-order valence-corrected chi connectivity index (χ0v) is 24.5. The molecule has 0 aromatic heterocycles. The Morgan fingerprint density at radius 1 is 1.10 bits per heavy atom. The predicted molar refractivity (Wildman–Crippen MR) is 152 cm³/mol. The number of aliphatic hydroxyl groups excluding tert-OH is 2. The van der Waals surface area contributed by atoms with Gasteiger partial charge in [0.1, 0.15) is 17.1 Å². The van der Waals surface area contributed by atoms with Crippen LogP contribution in [-0.4, -0.2) is 120 Å². The van der Waals surface area contributed by atoms with Crippen molar-refractivity contribution >= 4 is 34.8 Å². The van der Waals surface area contributed by atoms with Gasteiger partial charge in [0, 0.05) is 37.5 Å². The minimum Gasteiger partial charge on any atom is -0.508 e. The van der Waals surface area contributed by atoms with E-state index in [0.29, 0.717) is 11.3 Å². The van der Waals surface area contributed by atoms with E-state index in [2.05, 4.69) is 5.32 Å². The van der Waals surface area contributed by atoms with Gasteiger partial charge in [0.25, 0.3) is 5.91 Å². The first-order valence-corrected chi connectivity index (χ1v) is 13.3. The number of anilines is 1. The highest BCUT2D eigenvalue weighted by atomic mass is 16.4. The summed E-state index contributed by atoms with van der Waals surface area (Å²) in [5.41, 5.74) is 6.98. The Kier molecular flexibility index (Phi) is 7.65. The van der Waals surface area contributed by atoms with Gasteiger partial charge >= 0.3 is 0 Å². The number of phenolic OH excluding ortho intramolecular Hbond substituents is 1. The molecular formula is C28H38N6O8. The summed E-state index contributed by atoms with van der Waals surface area (Å²) in [5, 5.41) is 48.5. The molecule has 4 atom stereocenters. The highest BCUT2D eigenvalue weighted by molar-refractivity contribution is 6.25. The Morgan fingerprint density at radius 2 is 1.71 bits per heavy atom. The summed E-state index contributed by atoms with van der Waals surface area (Å²) in [6, 6.07) is 0.243. The number of carbonyl (C=O) groups is 4. The van der Waals surface area contributed by atoms with Gasteiger partial charge in [-0.15, -0.1) is 0 Å². The minimum absolute atomic E-state index is 0.0691. The fourth-order valence-electron chi connectivity index (χ4n) is 6.63. The van der Waals surface area contributed by atoms with Crippen LogP contribution in [0.3, 0.4) is 0 Å². The van der Waals surface area contributed by atoms with Crippen molar-refractivity contribution in [3.05, 3.63) is 39.7 Å². The fraction of sp³-hybridized carbons (Fsp3) is 0.500. The second-order valence-electron chi connectivity index (χ2n) is 11.9. The van der Waals surface area contributed by atoms with Crippen LogP contribution in [0.4, 0.5) is 5.69 Å². The average molecular weight is 587 g/mol. The molecule has 0 aliphatic heterocycles. The number of nitrogens with two attached hydrogens (primary N) is 2. The molecule has 1 aromatic carbocycles. The second-order valence-corrected chi connectivity index (χ2v) is 11.9. The summed E-state index contributed by atoms with van der Waals surface area (Å²) < 4.78 is 0. The average Bonchev–Trinajstić information content (AvgIpc) is 2.84. The van der Waals surface area contributed by atoms with Gasteiger partial charge in [-0.25, -0.2) is 0 Å². The number of phenols is 1. The van der Waals surface area contributed by atoms with E-state index < -0.39 is 57.7 Å². The van der Waals surface area contributed by atoms with E-state index in [1.54, 1.807) is 44.1 Å². The first-order valence-electron chi connectivity index (χ1n) is 13.3. The van der Waals surface area contributed by atoms with Crippen molar-refractivity contribution in [1.82, 2.24) is 15.1 Å². The summed E-state index contributed by atoms with van der Waals surface area (Å²) >= 11 is 0. The first kappa shape index (κ1) is 31.0. The number of fused-ring (bicyclic) bond motifs is 3. The Balaban J connectivity index is 1.94. The Hall–Kier alpha value is -3.98. The lowest BCUT2D eigenvalue weighted by Crippen LogP contribution is -2.80. The van der Waals surface area contributed by atoms with Gasteiger partial charge < -0.3 is 47.0 Å². The molecule has 0 bridgehead atoms. The maximum atomic E-state index is 14.1. The number of hydrogen-bond acceptors (Lipinski definition) is 12. The monoisotopic (exact) mass is 586 g/mol. The van der Waals surface area contributed by atoms with Crippen LogP contribution in [0.5, 0.6) is 5.75 Å². The van der Waals surface area contributed by atoms with E-state index in [4.69, 9.17) is 11.5 Å². The maximum absolute atomic E-state index is 14.1. The zero-order chi connectivity index (χ0) is 31.6. The van der Waals surface area contributed by atoms with Gasteiger partial charge in [0.15, 0.2) is 11.5 Å². The van der Waals surface area contributed by atoms with E-state index in [9.17, 15) is 39.6 Å². The van der Waals surface area contributed by atoms with Crippen LogP contribution in [0.1, 0.15) is 23.1 Å². The normalized spacial score (nSPS) is 27.2. The van der Waals surface area contributed by atoms with Gasteiger partial charge in [0.05, 0.1) is 23.7 Å². The summed E-state index contributed by atoms with van der Waals surface area (Å²) in [4.78, 5) is 56.7. The molecule has 0 heterocycles. The number of carbonyl (C=O) groups excluding carboxylic acids is 4. The van der Waals surface area contributed by atoms with Gasteiger partial charge in [-0.1, -0.05) is 0 Å². The standard InChI is InChI=1S/C28H38N6O8/c1-32(2)11-16(35)31-10-13-8-15(33(3)4)14-7-12-9-27(30)23(34(5)6)22(38)19(26(29)41)25(40)28(27,42)24(39)17(12)21(37)18(14)20(13)36/h8,12,23,36-37,40,42H,7,9-11,30H2,1-6H3,(H2,29,41)(H,31,35)/t12-,23?,27+,28-/m0/s1. The number of nitrogens with one attached hydrogen (secondary N) is 1. The minimum atomic E-state index is -2.99. The van der Waals surface area contributed by atoms with Crippen molar-refractivity contribution in [3.8, 4) is 5.75 Å². The predicted octanol–water partition coefficient (Wildman–Crippen LogP) is -1.71. The van der Waals surface area contributed by atoms with E-state index in [-0.39, 0.29) is 54.3 Å². The molecule has 1 aromatic rings. The van der Waals surface area contributed by atoms with Crippen LogP contribution in [0.2, 0.25) is 0 Å². The molecule has 42 heavy (non-hydrogen) atoms. The van der Waals surface area contributed by atoms with E-state index >= 15 is 0 Å². The molecule has 228 valence electrons. The van der Waals surface area contributed by atoms with Crippen molar-refractivity contribution < 1.29 is 39.6 Å². The summed E-state index contributed by atoms with van der Waals surface area (Å²) in [6.07, 6.45) is -0.180. The zero-order valence-electron chi connectivity index (χ0n) is 24.5. The smallest absolute Gasteiger partial charge is 0.255 e. The number of aliphatic hydroxyl groups is 3. The van der Waals surface area contributed by atoms with Crippen LogP contribution >= 0.6 is 0 Å². The maximum Gasteiger partial charge on any atom is 0.255 e. The number of likely N-dealkylation sites (N-methyl/N-ethyl adjacent to an activating group) is 2. The van der Waals surface area contributed by atoms with Crippen molar-refractivity contribution in [3.63, 3.8) is 0 Å². The molecule has 14 heteroatoms. The summed E-state index contributed by atoms with van der Waals surface area (Å²) in [7, 11) is 9.92. The second kappa shape index (κ2) is 10.4. The number of primary amides is 1. The third-order valence-corrected chi connectivity index (χ3v) is 8.39. The molecule has 0 saturated heterocycles. The van der Waals surface area contributed by atoms with Crippen molar-refractivity contribution in [2.45, 2.75) is 36.6 Å². The van der Waals surface area contributed by atoms with Crippen LogP contribution < -0.4 is 21.7 Å². The number of benzene rings is 1. The molecule has 9 N–H and O–H groups in total. The van der Waals surface area contributed by atoms with Gasteiger partial charge in [-0.05, 0) is 58.6 Å². The molecule has 0 spiro atoms. The number of nitrogens with zero attached hydrogens (tertiary/aromatic N) is 3. The molecule has 0 radical (unpaired) electrons. The van der Waals surface area contributed by atoms with Crippen molar-refractivity contribution in [1.29, 1.82) is 0 Å². The summed E-state index contributed by atoms with van der Waals surface area (Å²) in [6.45, 7) is 0.0263. The number of ketones is 2. The van der Waals surface area contributed by atoms with Crippen molar-refractivity contribution in [2.24, 2.45) is 17.4 Å². The van der Waals surface area contributed by atoms with Gasteiger partial charge in [-0.3, -0.25) is 24.1 Å². The molecule has 3 aliphatic rings. The topological polar surface area (TPSA) is 223 Å². The van der Waals surface area contributed by atoms with Crippen molar-refractivity contribution in [2.75, 3.05) is 53.7 Å². The Labute approximate surface area is 242 Å². The fourth-order valence-corrected chi connectivity index (χ4v) is 6.63. The lowest BCUT2D eigenvalue weighted by molar-refractivity contribution is -0.157. The van der Waals surface area contributed by atoms with Gasteiger partial charge in [0.2, 0.25) is 17.3 Å². The molecule has 4 rings (SSSR count). The Bertz CT molecular complexity index is 1460. The van der Waals surface area contributed by atoms with Gasteiger partial charge in [-0.2, -0.15) is 0 Å². The largest absolute Gasteiger partial charge is 0.508 e. The first-order chi connectivity index (χ1) is 19.4. The number of aromatic hydroxyl groups is 1. The molecular weight excluding hydrogens is 548 g/mol. The van der Waals surface area contributed by atoms with E-state index in [0.717, 1.165) is 0 Å². The molecule has 3 aliphatic carbocycles. The third-order valence-electron chi connectivity index (χ3n) is 8.39. The van der Waals surface area contributed by atoms with Crippen LogP contribution in [-0.2, 0) is 32.1 Å². The lowest BCUT2D eigenvalue weighted by atomic mass is 9.53. The number of Topliss-reactive ketones (excluding diaryl/α,β-unsaturated/α-hetero) is 2. The number of rotatable bonds is 7. The van der Waals surface area contributed by atoms with E-state index in [1.807, 2.05) is 0 Å². The van der Waals surface area contributed by atoms with Crippen LogP contribution in [0.25, 0.3) is 5.76 Å².